The van der Waals surface area contributed by atoms with Crippen LogP contribution in [-0.4, -0.2) is 57.3 Å². The van der Waals surface area contributed by atoms with Crippen LogP contribution in [-0.2, 0) is 4.74 Å². The third-order valence-corrected chi connectivity index (χ3v) is 4.38. The van der Waals surface area contributed by atoms with Crippen molar-refractivity contribution >= 4 is 5.91 Å². The van der Waals surface area contributed by atoms with Gasteiger partial charge in [0, 0.05) is 38.0 Å². The lowest BCUT2D eigenvalue weighted by molar-refractivity contribution is 0.0549. The molecule has 1 aliphatic rings. The molecule has 1 fully saturated rings. The molecule has 2 aromatic heterocycles. The third kappa shape index (κ3) is 3.14. The molecule has 0 spiro atoms. The first-order chi connectivity index (χ1) is 11.1. The van der Waals surface area contributed by atoms with Crippen LogP contribution in [0.25, 0.3) is 0 Å². The number of nitrogens with one attached hydrogen (secondary N) is 2. The summed E-state index contributed by atoms with van der Waals surface area (Å²) in [7, 11) is 1.82. The number of amides is 1. The van der Waals surface area contributed by atoms with E-state index in [9.17, 15) is 4.79 Å². The van der Waals surface area contributed by atoms with Crippen LogP contribution in [0.1, 0.15) is 54.0 Å². The topological polar surface area (TPSA) is 86.9 Å². The fraction of sp³-hybridized carbons (Fsp3) is 0.562. The SMILES string of the molecule is CC(C)c1[nH]ccc1C(=O)N(C)C[C@H]1OCC[C@H]1c1ncn[nH]1. The van der Waals surface area contributed by atoms with Crippen molar-refractivity contribution in [1.29, 1.82) is 0 Å². The molecule has 1 saturated heterocycles. The number of hydrogen-bond acceptors (Lipinski definition) is 4. The summed E-state index contributed by atoms with van der Waals surface area (Å²) in [6, 6.07) is 1.84. The molecule has 2 atom stereocenters. The van der Waals surface area contributed by atoms with Crippen molar-refractivity contribution in [2.24, 2.45) is 0 Å². The molecule has 2 N–H and O–H groups in total. The number of carbonyl (C=O) groups excluding carboxylic acids is 1. The lowest BCUT2D eigenvalue weighted by Crippen LogP contribution is -2.36. The summed E-state index contributed by atoms with van der Waals surface area (Å²) in [5, 5.41) is 6.82. The number of nitrogens with zero attached hydrogens (tertiary/aromatic N) is 3. The van der Waals surface area contributed by atoms with Gasteiger partial charge in [0.2, 0.25) is 0 Å². The van der Waals surface area contributed by atoms with Crippen LogP contribution in [0.15, 0.2) is 18.6 Å². The Labute approximate surface area is 135 Å². The van der Waals surface area contributed by atoms with Crippen molar-refractivity contribution in [3.05, 3.63) is 35.7 Å². The van der Waals surface area contributed by atoms with Crippen LogP contribution < -0.4 is 0 Å². The molecule has 3 heterocycles. The van der Waals surface area contributed by atoms with Gasteiger partial charge in [-0.05, 0) is 18.4 Å². The van der Waals surface area contributed by atoms with Gasteiger partial charge in [-0.25, -0.2) is 4.98 Å². The number of rotatable bonds is 5. The fourth-order valence-electron chi connectivity index (χ4n) is 3.14. The summed E-state index contributed by atoms with van der Waals surface area (Å²) >= 11 is 0. The second-order valence-electron chi connectivity index (χ2n) is 6.32. The average Bonchev–Trinajstić information content (AvgIpc) is 3.26. The molecule has 23 heavy (non-hydrogen) atoms. The summed E-state index contributed by atoms with van der Waals surface area (Å²) in [6.07, 6.45) is 4.16. The van der Waals surface area contributed by atoms with E-state index in [1.54, 1.807) is 4.90 Å². The molecule has 0 aliphatic carbocycles. The number of ether oxygens (including phenoxy) is 1. The van der Waals surface area contributed by atoms with E-state index in [4.69, 9.17) is 4.74 Å². The lowest BCUT2D eigenvalue weighted by atomic mass is 10.00. The zero-order valence-electron chi connectivity index (χ0n) is 13.7. The maximum atomic E-state index is 12.7. The highest BCUT2D eigenvalue weighted by Crippen LogP contribution is 2.29. The van der Waals surface area contributed by atoms with Crippen LogP contribution in [0.2, 0.25) is 0 Å². The second-order valence-corrected chi connectivity index (χ2v) is 6.32. The first kappa shape index (κ1) is 15.7. The molecule has 0 saturated carbocycles. The standard InChI is InChI=1S/C16H23N5O2/c1-10(2)14-12(4-6-17-14)16(22)21(3)8-13-11(5-7-23-13)15-18-9-19-20-15/h4,6,9-11,13,17H,5,7-8H2,1-3H3,(H,18,19,20)/t11-,13-/m1/s1. The zero-order valence-corrected chi connectivity index (χ0v) is 13.7. The Morgan fingerprint density at radius 1 is 1.52 bits per heavy atom. The molecule has 0 aromatic carbocycles. The van der Waals surface area contributed by atoms with Crippen LogP contribution in [0.5, 0.6) is 0 Å². The number of H-pyrrole nitrogens is 2. The molecular weight excluding hydrogens is 294 g/mol. The minimum Gasteiger partial charge on any atom is -0.376 e. The van der Waals surface area contributed by atoms with Gasteiger partial charge in [-0.3, -0.25) is 9.89 Å². The quantitative estimate of drug-likeness (QED) is 0.882. The number of aromatic nitrogens is 4. The van der Waals surface area contributed by atoms with Crippen molar-refractivity contribution in [2.75, 3.05) is 20.2 Å². The van der Waals surface area contributed by atoms with Gasteiger partial charge in [-0.2, -0.15) is 5.10 Å². The van der Waals surface area contributed by atoms with Gasteiger partial charge in [-0.15, -0.1) is 0 Å². The molecule has 0 radical (unpaired) electrons. The van der Waals surface area contributed by atoms with E-state index >= 15 is 0 Å². The van der Waals surface area contributed by atoms with E-state index in [1.165, 1.54) is 6.33 Å². The molecular formula is C16H23N5O2. The summed E-state index contributed by atoms with van der Waals surface area (Å²) in [5.41, 5.74) is 1.71. The molecule has 2 aromatic rings. The van der Waals surface area contributed by atoms with Gasteiger partial charge in [0.15, 0.2) is 0 Å². The summed E-state index contributed by atoms with van der Waals surface area (Å²) in [4.78, 5) is 21.9. The normalized spacial score (nSPS) is 21.0. The summed E-state index contributed by atoms with van der Waals surface area (Å²) in [6.45, 7) is 5.36. The number of aromatic amines is 2. The van der Waals surface area contributed by atoms with Crippen LogP contribution >= 0.6 is 0 Å². The number of hydrogen-bond donors (Lipinski definition) is 2. The first-order valence-electron chi connectivity index (χ1n) is 7.97. The third-order valence-electron chi connectivity index (χ3n) is 4.38. The van der Waals surface area contributed by atoms with Gasteiger partial charge in [0.05, 0.1) is 11.7 Å². The minimum absolute atomic E-state index is 0.0155. The van der Waals surface area contributed by atoms with Crippen molar-refractivity contribution in [3.8, 4) is 0 Å². The van der Waals surface area contributed by atoms with E-state index in [0.29, 0.717) is 13.2 Å². The molecule has 7 heteroatoms. The molecule has 0 bridgehead atoms. The van der Waals surface area contributed by atoms with Gasteiger partial charge in [-0.1, -0.05) is 13.8 Å². The molecule has 1 amide bonds. The Balaban J connectivity index is 1.70. The Morgan fingerprint density at radius 3 is 3.04 bits per heavy atom. The highest BCUT2D eigenvalue weighted by Gasteiger charge is 2.33. The van der Waals surface area contributed by atoms with E-state index < -0.39 is 0 Å². The van der Waals surface area contributed by atoms with E-state index in [1.807, 2.05) is 19.3 Å². The van der Waals surface area contributed by atoms with Gasteiger partial charge in [0.25, 0.3) is 5.91 Å². The van der Waals surface area contributed by atoms with Crippen molar-refractivity contribution in [3.63, 3.8) is 0 Å². The largest absolute Gasteiger partial charge is 0.376 e. The predicted molar refractivity (Wildman–Crippen MR) is 85.3 cm³/mol. The number of likely N-dealkylation sites (N-methyl/N-ethyl adjacent to an activating group) is 1. The maximum absolute atomic E-state index is 12.7. The molecule has 124 valence electrons. The van der Waals surface area contributed by atoms with Crippen molar-refractivity contribution in [1.82, 2.24) is 25.1 Å². The predicted octanol–water partition coefficient (Wildman–Crippen LogP) is 1.90. The van der Waals surface area contributed by atoms with Gasteiger partial charge in [0.1, 0.15) is 12.2 Å². The molecule has 0 unspecified atom stereocenters. The van der Waals surface area contributed by atoms with Crippen molar-refractivity contribution in [2.45, 2.75) is 38.2 Å². The molecule has 1 aliphatic heterocycles. The van der Waals surface area contributed by atoms with Crippen molar-refractivity contribution < 1.29 is 9.53 Å². The zero-order chi connectivity index (χ0) is 16.4. The Hall–Kier alpha value is -2.15. The van der Waals surface area contributed by atoms with Crippen LogP contribution in [0.4, 0.5) is 0 Å². The smallest absolute Gasteiger partial charge is 0.255 e. The number of carbonyl (C=O) groups is 1. The first-order valence-corrected chi connectivity index (χ1v) is 7.97. The molecule has 7 nitrogen and oxygen atoms in total. The highest BCUT2D eigenvalue weighted by molar-refractivity contribution is 5.95. The van der Waals surface area contributed by atoms with E-state index in [-0.39, 0.29) is 23.8 Å². The maximum Gasteiger partial charge on any atom is 0.255 e. The lowest BCUT2D eigenvalue weighted by Gasteiger charge is -2.24. The summed E-state index contributed by atoms with van der Waals surface area (Å²) < 4.78 is 5.82. The fourth-order valence-corrected chi connectivity index (χ4v) is 3.14. The molecule has 3 rings (SSSR count). The Kier molecular flexibility index (Phi) is 4.47. The Morgan fingerprint density at radius 2 is 2.35 bits per heavy atom. The van der Waals surface area contributed by atoms with E-state index in [0.717, 1.165) is 23.5 Å². The van der Waals surface area contributed by atoms with Gasteiger partial charge < -0.3 is 14.6 Å². The van der Waals surface area contributed by atoms with Crippen LogP contribution in [0, 0.1) is 0 Å². The van der Waals surface area contributed by atoms with Crippen LogP contribution in [0.3, 0.4) is 0 Å². The average molecular weight is 317 g/mol. The monoisotopic (exact) mass is 317 g/mol. The second kappa shape index (κ2) is 6.54. The Bertz CT molecular complexity index is 649. The highest BCUT2D eigenvalue weighted by atomic mass is 16.5. The minimum atomic E-state index is -0.0571. The van der Waals surface area contributed by atoms with E-state index in [2.05, 4.69) is 34.0 Å². The summed E-state index contributed by atoms with van der Waals surface area (Å²) in [5.74, 6) is 1.28. The van der Waals surface area contributed by atoms with Gasteiger partial charge >= 0.3 is 0 Å².